The molecule has 0 aliphatic carbocycles. The monoisotopic (exact) mass is 357 g/mol. The van der Waals surface area contributed by atoms with Crippen LogP contribution in [0, 0.1) is 0 Å². The van der Waals surface area contributed by atoms with Crippen LogP contribution < -0.4 is 5.46 Å². The summed E-state index contributed by atoms with van der Waals surface area (Å²) in [6, 6.07) is 16.9. The third-order valence-corrected chi connectivity index (χ3v) is 6.58. The molecule has 0 N–H and O–H groups in total. The molecule has 1 aliphatic rings. The number of benzene rings is 2. The van der Waals surface area contributed by atoms with E-state index < -0.39 is 16.8 Å². The molecule has 1 aliphatic heterocycles. The molecule has 1 unspecified atom stereocenters. The average molecular weight is 357 g/mol. The summed E-state index contributed by atoms with van der Waals surface area (Å²) in [7, 11) is -2.87. The summed E-state index contributed by atoms with van der Waals surface area (Å²) in [5.41, 5.74) is 0.869. The normalized spacial score (nSPS) is 20.9. The molecule has 6 heteroatoms. The molecule has 0 bridgehead atoms. The quantitative estimate of drug-likeness (QED) is 0.786. The van der Waals surface area contributed by atoms with Crippen molar-refractivity contribution in [1.29, 1.82) is 0 Å². The highest BCUT2D eigenvalue weighted by molar-refractivity contribution is 7.93. The van der Waals surface area contributed by atoms with E-state index in [1.165, 1.54) is 0 Å². The Kier molecular flexibility index (Phi) is 4.56. The number of hydrogen-bond donors (Lipinski definition) is 0. The van der Waals surface area contributed by atoms with Crippen molar-refractivity contribution in [2.45, 2.75) is 43.8 Å². The van der Waals surface area contributed by atoms with E-state index in [2.05, 4.69) is 4.36 Å². The molecule has 3 rings (SSSR count). The zero-order valence-corrected chi connectivity index (χ0v) is 16.2. The minimum absolute atomic E-state index is 0.369. The summed E-state index contributed by atoms with van der Waals surface area (Å²) in [5.74, 6) is 0. The van der Waals surface area contributed by atoms with Gasteiger partial charge >= 0.3 is 7.12 Å². The van der Waals surface area contributed by atoms with Gasteiger partial charge in [0.15, 0.2) is 0 Å². The number of hydrogen-bond acceptors (Lipinski definition) is 4. The molecule has 0 spiro atoms. The van der Waals surface area contributed by atoms with E-state index in [0.29, 0.717) is 5.69 Å². The van der Waals surface area contributed by atoms with E-state index in [9.17, 15) is 4.21 Å². The molecule has 4 nitrogen and oxygen atoms in total. The van der Waals surface area contributed by atoms with E-state index >= 15 is 0 Å². The third kappa shape index (κ3) is 3.66. The van der Waals surface area contributed by atoms with Crippen molar-refractivity contribution in [1.82, 2.24) is 0 Å². The van der Waals surface area contributed by atoms with Gasteiger partial charge in [-0.3, -0.25) is 0 Å². The van der Waals surface area contributed by atoms with Gasteiger partial charge in [-0.1, -0.05) is 30.3 Å². The van der Waals surface area contributed by atoms with Crippen molar-refractivity contribution < 1.29 is 13.5 Å². The number of rotatable bonds is 3. The molecule has 0 amide bonds. The van der Waals surface area contributed by atoms with E-state index in [-0.39, 0.29) is 11.2 Å². The molecule has 1 heterocycles. The summed E-state index contributed by atoms with van der Waals surface area (Å²) in [6.45, 7) is 8.12. The highest BCUT2D eigenvalue weighted by Gasteiger charge is 2.51. The van der Waals surface area contributed by atoms with Gasteiger partial charge < -0.3 is 9.31 Å². The van der Waals surface area contributed by atoms with Gasteiger partial charge in [0.25, 0.3) is 0 Å². The standard InChI is InChI=1S/C19H24BNO3S/c1-18(2)19(3,4)24-20(23-18)15-11-13-16(14-12-15)21-25(5,22)17-9-7-6-8-10-17/h6-14H,1-5H3. The van der Waals surface area contributed by atoms with Crippen LogP contribution in [0.4, 0.5) is 5.69 Å². The van der Waals surface area contributed by atoms with Gasteiger partial charge in [0.05, 0.1) is 26.6 Å². The van der Waals surface area contributed by atoms with E-state index in [0.717, 1.165) is 10.4 Å². The van der Waals surface area contributed by atoms with Gasteiger partial charge in [-0.25, -0.2) is 4.21 Å². The first-order valence-electron chi connectivity index (χ1n) is 8.34. The predicted molar refractivity (Wildman–Crippen MR) is 103 cm³/mol. The third-order valence-electron chi connectivity index (χ3n) is 4.88. The fourth-order valence-electron chi connectivity index (χ4n) is 2.60. The van der Waals surface area contributed by atoms with Gasteiger partial charge in [0.1, 0.15) is 0 Å². The van der Waals surface area contributed by atoms with Crippen molar-refractivity contribution in [3.8, 4) is 0 Å². The van der Waals surface area contributed by atoms with Crippen LogP contribution in [0.5, 0.6) is 0 Å². The van der Waals surface area contributed by atoms with Crippen molar-refractivity contribution in [3.63, 3.8) is 0 Å². The van der Waals surface area contributed by atoms with E-state index in [1.54, 1.807) is 6.26 Å². The smallest absolute Gasteiger partial charge is 0.399 e. The maximum absolute atomic E-state index is 12.9. The van der Waals surface area contributed by atoms with Crippen molar-refractivity contribution in [3.05, 3.63) is 54.6 Å². The molecule has 2 aromatic rings. The summed E-state index contributed by atoms with van der Waals surface area (Å²) in [4.78, 5) is 0.727. The molecule has 0 saturated carbocycles. The Bertz CT molecular complexity index is 853. The van der Waals surface area contributed by atoms with Gasteiger partial charge in [-0.05, 0) is 57.4 Å². The van der Waals surface area contributed by atoms with Gasteiger partial charge in [-0.15, -0.1) is 0 Å². The fourth-order valence-corrected chi connectivity index (χ4v) is 3.89. The molecule has 25 heavy (non-hydrogen) atoms. The second-order valence-corrected chi connectivity index (χ2v) is 9.65. The van der Waals surface area contributed by atoms with Gasteiger partial charge in [0.2, 0.25) is 0 Å². The average Bonchev–Trinajstić information content (AvgIpc) is 2.77. The van der Waals surface area contributed by atoms with Crippen LogP contribution in [0.15, 0.2) is 63.9 Å². The predicted octanol–water partition coefficient (Wildman–Crippen LogP) is 3.77. The lowest BCUT2D eigenvalue weighted by Crippen LogP contribution is -2.41. The minimum Gasteiger partial charge on any atom is -0.399 e. The van der Waals surface area contributed by atoms with Crippen LogP contribution in [0.2, 0.25) is 0 Å². The molecule has 1 atom stereocenters. The Morgan fingerprint density at radius 2 is 1.40 bits per heavy atom. The molecule has 1 fully saturated rings. The van der Waals surface area contributed by atoms with Crippen molar-refractivity contribution in [2.75, 3.05) is 6.26 Å². The summed E-state index contributed by atoms with van der Waals surface area (Å²) in [5, 5.41) is 0. The van der Waals surface area contributed by atoms with Crippen LogP contribution in [0.1, 0.15) is 27.7 Å². The lowest BCUT2D eigenvalue weighted by molar-refractivity contribution is 0.00578. The first-order valence-corrected chi connectivity index (χ1v) is 10.3. The Balaban J connectivity index is 1.85. The lowest BCUT2D eigenvalue weighted by Gasteiger charge is -2.32. The summed E-state index contributed by atoms with van der Waals surface area (Å²) >= 11 is 0. The maximum Gasteiger partial charge on any atom is 0.494 e. The van der Waals surface area contributed by atoms with Crippen LogP contribution in [0.25, 0.3) is 0 Å². The maximum atomic E-state index is 12.9. The fraction of sp³-hybridized carbons (Fsp3) is 0.368. The summed E-state index contributed by atoms with van der Waals surface area (Å²) in [6.07, 6.45) is 1.66. The zero-order valence-electron chi connectivity index (χ0n) is 15.4. The highest BCUT2D eigenvalue weighted by atomic mass is 32.2. The molecule has 2 aromatic carbocycles. The van der Waals surface area contributed by atoms with Crippen LogP contribution in [-0.4, -0.2) is 28.8 Å². The Labute approximate surface area is 150 Å². The molecular formula is C19H24BNO3S. The first kappa shape index (κ1) is 18.2. The van der Waals surface area contributed by atoms with E-state index in [4.69, 9.17) is 9.31 Å². The Morgan fingerprint density at radius 1 is 0.880 bits per heavy atom. The Morgan fingerprint density at radius 3 is 1.92 bits per heavy atom. The largest absolute Gasteiger partial charge is 0.494 e. The first-order chi connectivity index (χ1) is 11.6. The number of nitrogens with zero attached hydrogens (tertiary/aromatic N) is 1. The molecule has 132 valence electrons. The van der Waals surface area contributed by atoms with Gasteiger partial charge in [0, 0.05) is 11.2 Å². The lowest BCUT2D eigenvalue weighted by atomic mass is 9.79. The highest BCUT2D eigenvalue weighted by Crippen LogP contribution is 2.36. The van der Waals surface area contributed by atoms with Crippen molar-refractivity contribution >= 4 is 28.0 Å². The Hall–Kier alpha value is -1.63. The van der Waals surface area contributed by atoms with E-state index in [1.807, 2.05) is 82.3 Å². The minimum atomic E-state index is -2.47. The molecule has 0 radical (unpaired) electrons. The molecular weight excluding hydrogens is 333 g/mol. The second-order valence-electron chi connectivity index (χ2n) is 7.39. The van der Waals surface area contributed by atoms with Crippen LogP contribution >= 0.6 is 0 Å². The van der Waals surface area contributed by atoms with Gasteiger partial charge in [-0.2, -0.15) is 4.36 Å². The topological polar surface area (TPSA) is 47.9 Å². The second kappa shape index (κ2) is 6.27. The zero-order chi connectivity index (χ0) is 18.3. The van der Waals surface area contributed by atoms with Crippen molar-refractivity contribution in [2.24, 2.45) is 4.36 Å². The molecule has 1 saturated heterocycles. The van der Waals surface area contributed by atoms with Crippen LogP contribution in [-0.2, 0) is 19.0 Å². The van der Waals surface area contributed by atoms with Crippen LogP contribution in [0.3, 0.4) is 0 Å². The SMILES string of the molecule is CC1(C)OB(c2ccc(N=S(C)(=O)c3ccccc3)cc2)OC1(C)C. The molecule has 0 aromatic heterocycles. The summed E-state index contributed by atoms with van der Waals surface area (Å²) < 4.78 is 29.4.